The highest BCUT2D eigenvalue weighted by atomic mass is 32.2. The summed E-state index contributed by atoms with van der Waals surface area (Å²) in [6.07, 6.45) is 0. The van der Waals surface area contributed by atoms with Gasteiger partial charge < -0.3 is 5.32 Å². The summed E-state index contributed by atoms with van der Waals surface area (Å²) in [5, 5.41) is 12.5. The Kier molecular flexibility index (Phi) is 4.55. The van der Waals surface area contributed by atoms with Crippen molar-refractivity contribution in [1.82, 2.24) is 19.6 Å². The van der Waals surface area contributed by atoms with Gasteiger partial charge in [-0.3, -0.25) is 9.48 Å². The first kappa shape index (κ1) is 17.9. The molecular weight excluding hydrogens is 358 g/mol. The van der Waals surface area contributed by atoms with Crippen LogP contribution in [0, 0.1) is 20.8 Å². The number of hydrogen-bond donors (Lipinski definition) is 1. The predicted molar refractivity (Wildman–Crippen MR) is 108 cm³/mol. The number of rotatable bonds is 3. The van der Waals surface area contributed by atoms with Crippen LogP contribution < -0.4 is 5.32 Å². The van der Waals surface area contributed by atoms with Gasteiger partial charge in [0, 0.05) is 23.9 Å². The Morgan fingerprint density at radius 3 is 2.48 bits per heavy atom. The van der Waals surface area contributed by atoms with Crippen LogP contribution in [-0.2, 0) is 18.4 Å². The highest BCUT2D eigenvalue weighted by Crippen LogP contribution is 2.45. The van der Waals surface area contributed by atoms with Crippen molar-refractivity contribution in [2.45, 2.75) is 32.6 Å². The number of nitrogens with zero attached hydrogens (tertiary/aromatic N) is 4. The fourth-order valence-corrected chi connectivity index (χ4v) is 5.07. The zero-order valence-electron chi connectivity index (χ0n) is 16.0. The third-order valence-electron chi connectivity index (χ3n) is 5.08. The standard InChI is InChI=1S/C20H23N5OS/c1-12-17(14(3)24(4)22-12)19-18-13(2)23-25(10-15-8-6-5-7-9-15)20(18)21-16(26)11-27-19/h5-9,19H,10-11H2,1-4H3,(H,21,26). The number of hydrogen-bond acceptors (Lipinski definition) is 4. The molecule has 1 amide bonds. The minimum absolute atomic E-state index is 0.0113. The van der Waals surface area contributed by atoms with Crippen LogP contribution in [0.2, 0.25) is 0 Å². The smallest absolute Gasteiger partial charge is 0.235 e. The number of fused-ring (bicyclic) bond motifs is 1. The maximum Gasteiger partial charge on any atom is 0.235 e. The SMILES string of the molecule is Cc1nn(C)c(C)c1C1SCC(=O)Nc2c1c(C)nn2Cc1ccccc1. The van der Waals surface area contributed by atoms with E-state index in [1.54, 1.807) is 11.8 Å². The molecule has 27 heavy (non-hydrogen) atoms. The number of carbonyl (C=O) groups excluding carboxylic acids is 1. The van der Waals surface area contributed by atoms with Crippen molar-refractivity contribution in [3.63, 3.8) is 0 Å². The van der Waals surface area contributed by atoms with Gasteiger partial charge in [0.05, 0.1) is 28.9 Å². The first-order chi connectivity index (χ1) is 13.0. The molecule has 0 aliphatic carbocycles. The van der Waals surface area contributed by atoms with Crippen molar-refractivity contribution in [1.29, 1.82) is 0 Å². The van der Waals surface area contributed by atoms with Crippen molar-refractivity contribution < 1.29 is 4.79 Å². The average molecular weight is 382 g/mol. The Hall–Kier alpha value is -2.54. The van der Waals surface area contributed by atoms with Crippen LogP contribution in [0.4, 0.5) is 5.82 Å². The molecule has 6 nitrogen and oxygen atoms in total. The molecular formula is C20H23N5OS. The van der Waals surface area contributed by atoms with Crippen LogP contribution >= 0.6 is 11.8 Å². The summed E-state index contributed by atoms with van der Waals surface area (Å²) in [6.45, 7) is 6.76. The summed E-state index contributed by atoms with van der Waals surface area (Å²) in [5.41, 5.74) is 6.50. The van der Waals surface area contributed by atoms with E-state index in [0.717, 1.165) is 34.0 Å². The van der Waals surface area contributed by atoms with Crippen LogP contribution in [0.15, 0.2) is 30.3 Å². The Morgan fingerprint density at radius 1 is 1.11 bits per heavy atom. The van der Waals surface area contributed by atoms with E-state index in [9.17, 15) is 4.79 Å². The van der Waals surface area contributed by atoms with Crippen molar-refractivity contribution in [3.8, 4) is 0 Å². The molecule has 7 heteroatoms. The van der Waals surface area contributed by atoms with Gasteiger partial charge in [0.15, 0.2) is 0 Å². The number of anilines is 1. The fourth-order valence-electron chi connectivity index (χ4n) is 3.72. The number of aryl methyl sites for hydroxylation is 3. The second kappa shape index (κ2) is 6.88. The van der Waals surface area contributed by atoms with Crippen LogP contribution in [0.5, 0.6) is 0 Å². The third-order valence-corrected chi connectivity index (χ3v) is 6.31. The Morgan fingerprint density at radius 2 is 1.81 bits per heavy atom. The maximum absolute atomic E-state index is 12.4. The first-order valence-corrected chi connectivity index (χ1v) is 10.0. The zero-order chi connectivity index (χ0) is 19.1. The van der Waals surface area contributed by atoms with Gasteiger partial charge >= 0.3 is 0 Å². The molecule has 3 aromatic rings. The van der Waals surface area contributed by atoms with Crippen molar-refractivity contribution >= 4 is 23.5 Å². The fraction of sp³-hybridized carbons (Fsp3) is 0.350. The molecule has 1 aliphatic heterocycles. The molecule has 0 bridgehead atoms. The molecule has 1 unspecified atom stereocenters. The molecule has 0 spiro atoms. The van der Waals surface area contributed by atoms with Gasteiger partial charge in [-0.2, -0.15) is 10.2 Å². The minimum atomic E-state index is 0.0113. The minimum Gasteiger partial charge on any atom is -0.310 e. The number of amides is 1. The van der Waals surface area contributed by atoms with Crippen LogP contribution in [0.3, 0.4) is 0 Å². The lowest BCUT2D eigenvalue weighted by atomic mass is 10.0. The van der Waals surface area contributed by atoms with E-state index in [0.29, 0.717) is 12.3 Å². The van der Waals surface area contributed by atoms with E-state index in [1.807, 2.05) is 48.5 Å². The average Bonchev–Trinajstić information content (AvgIpc) is 2.98. The summed E-state index contributed by atoms with van der Waals surface area (Å²) in [6, 6.07) is 10.2. The number of carbonyl (C=O) groups is 1. The molecule has 140 valence electrons. The molecule has 1 aliphatic rings. The molecule has 0 fully saturated rings. The van der Waals surface area contributed by atoms with Gasteiger partial charge in [-0.25, -0.2) is 4.68 Å². The quantitative estimate of drug-likeness (QED) is 0.755. The van der Waals surface area contributed by atoms with Gasteiger partial charge in [-0.05, 0) is 26.3 Å². The number of nitrogens with one attached hydrogen (secondary N) is 1. The lowest BCUT2D eigenvalue weighted by Gasteiger charge is -2.16. The van der Waals surface area contributed by atoms with Crippen LogP contribution in [0.25, 0.3) is 0 Å². The largest absolute Gasteiger partial charge is 0.310 e. The Bertz CT molecular complexity index is 1010. The van der Waals surface area contributed by atoms with E-state index in [1.165, 1.54) is 5.56 Å². The second-order valence-corrected chi connectivity index (χ2v) is 8.03. The summed E-state index contributed by atoms with van der Waals surface area (Å²) < 4.78 is 3.83. The summed E-state index contributed by atoms with van der Waals surface area (Å²) in [5.74, 6) is 1.23. The zero-order valence-corrected chi connectivity index (χ0v) is 16.8. The Labute approximate surface area is 163 Å². The van der Waals surface area contributed by atoms with Crippen molar-refractivity contribution in [3.05, 3.63) is 64.1 Å². The van der Waals surface area contributed by atoms with Gasteiger partial charge in [0.25, 0.3) is 0 Å². The number of benzene rings is 1. The Balaban J connectivity index is 1.84. The van der Waals surface area contributed by atoms with Gasteiger partial charge in [0.1, 0.15) is 5.82 Å². The number of thioether (sulfide) groups is 1. The molecule has 1 atom stereocenters. The highest BCUT2D eigenvalue weighted by Gasteiger charge is 2.33. The third kappa shape index (κ3) is 3.16. The van der Waals surface area contributed by atoms with E-state index in [4.69, 9.17) is 5.10 Å². The molecule has 2 aromatic heterocycles. The molecule has 0 radical (unpaired) electrons. The lowest BCUT2D eigenvalue weighted by molar-refractivity contribution is -0.113. The van der Waals surface area contributed by atoms with E-state index in [2.05, 4.69) is 29.5 Å². The van der Waals surface area contributed by atoms with Crippen molar-refractivity contribution in [2.75, 3.05) is 11.1 Å². The molecule has 4 rings (SSSR count). The van der Waals surface area contributed by atoms with Gasteiger partial charge in [-0.15, -0.1) is 11.8 Å². The van der Waals surface area contributed by atoms with Gasteiger partial charge in [0.2, 0.25) is 5.91 Å². The predicted octanol–water partition coefficient (Wildman–Crippen LogP) is 3.36. The molecule has 1 N–H and O–H groups in total. The molecule has 0 saturated heterocycles. The van der Waals surface area contributed by atoms with E-state index >= 15 is 0 Å². The second-order valence-electron chi connectivity index (χ2n) is 6.94. The van der Waals surface area contributed by atoms with Crippen LogP contribution in [0.1, 0.15) is 39.0 Å². The monoisotopic (exact) mass is 381 g/mol. The maximum atomic E-state index is 12.4. The normalized spacial score (nSPS) is 16.7. The number of aromatic nitrogens is 4. The van der Waals surface area contributed by atoms with Gasteiger partial charge in [-0.1, -0.05) is 30.3 Å². The lowest BCUT2D eigenvalue weighted by Crippen LogP contribution is -2.16. The van der Waals surface area contributed by atoms with Crippen LogP contribution in [-0.4, -0.2) is 31.2 Å². The molecule has 3 heterocycles. The molecule has 0 saturated carbocycles. The van der Waals surface area contributed by atoms with Crippen molar-refractivity contribution in [2.24, 2.45) is 7.05 Å². The van der Waals surface area contributed by atoms with E-state index in [-0.39, 0.29) is 11.2 Å². The summed E-state index contributed by atoms with van der Waals surface area (Å²) in [4.78, 5) is 12.4. The van der Waals surface area contributed by atoms with E-state index < -0.39 is 0 Å². The topological polar surface area (TPSA) is 64.7 Å². The first-order valence-electron chi connectivity index (χ1n) is 8.98. The summed E-state index contributed by atoms with van der Waals surface area (Å²) >= 11 is 1.64. The summed E-state index contributed by atoms with van der Waals surface area (Å²) in [7, 11) is 1.96. The highest BCUT2D eigenvalue weighted by molar-refractivity contribution is 8.00. The molecule has 1 aromatic carbocycles.